The van der Waals surface area contributed by atoms with E-state index in [1.54, 1.807) is 31.4 Å². The van der Waals surface area contributed by atoms with E-state index in [0.29, 0.717) is 17.0 Å². The molecule has 0 fully saturated rings. The summed E-state index contributed by atoms with van der Waals surface area (Å²) in [5.74, 6) is -0.0464. The molecule has 3 aromatic rings. The first-order valence-corrected chi connectivity index (χ1v) is 8.75. The van der Waals surface area contributed by atoms with Crippen LogP contribution in [0.15, 0.2) is 60.9 Å². The zero-order valence-corrected chi connectivity index (χ0v) is 15.9. The van der Waals surface area contributed by atoms with E-state index in [9.17, 15) is 9.59 Å². The highest BCUT2D eigenvalue weighted by Gasteiger charge is 2.13. The van der Waals surface area contributed by atoms with Gasteiger partial charge < -0.3 is 15.4 Å². The quantitative estimate of drug-likeness (QED) is 0.700. The van der Waals surface area contributed by atoms with Crippen molar-refractivity contribution in [3.05, 3.63) is 83.2 Å². The second-order valence-electron chi connectivity index (χ2n) is 6.42. The second-order valence-corrected chi connectivity index (χ2v) is 6.42. The molecule has 0 aliphatic carbocycles. The predicted molar refractivity (Wildman–Crippen MR) is 109 cm³/mol. The van der Waals surface area contributed by atoms with Crippen LogP contribution in [0.4, 0.5) is 11.4 Å². The minimum absolute atomic E-state index is 0.288. The van der Waals surface area contributed by atoms with E-state index in [1.807, 2.05) is 32.0 Å². The molecule has 2 amide bonds. The molecule has 0 bridgehead atoms. The van der Waals surface area contributed by atoms with E-state index < -0.39 is 0 Å². The topological polar surface area (TPSA) is 80.3 Å². The molecule has 0 atom stereocenters. The van der Waals surface area contributed by atoms with Crippen LogP contribution in [0.3, 0.4) is 0 Å². The van der Waals surface area contributed by atoms with Gasteiger partial charge in [0.25, 0.3) is 11.8 Å². The molecule has 28 heavy (non-hydrogen) atoms. The maximum atomic E-state index is 12.6. The molecule has 0 aliphatic rings. The standard InChI is InChI=1S/C22H21N3O3/c1-14-7-8-20(15(2)9-14)25-22(27)17-10-16(12-23-13-17)21(26)24-18-5-4-6-19(11-18)28-3/h4-13H,1-3H3,(H,24,26)(H,25,27). The fourth-order valence-corrected chi connectivity index (χ4v) is 2.74. The van der Waals surface area contributed by atoms with Gasteiger partial charge in [-0.2, -0.15) is 0 Å². The van der Waals surface area contributed by atoms with Crippen LogP contribution < -0.4 is 15.4 Å². The minimum atomic E-state index is -0.359. The van der Waals surface area contributed by atoms with Gasteiger partial charge in [-0.25, -0.2) is 0 Å². The minimum Gasteiger partial charge on any atom is -0.497 e. The van der Waals surface area contributed by atoms with Crippen LogP contribution >= 0.6 is 0 Å². The highest BCUT2D eigenvalue weighted by atomic mass is 16.5. The Bertz CT molecular complexity index is 1030. The first kappa shape index (κ1) is 19.1. The molecule has 142 valence electrons. The van der Waals surface area contributed by atoms with Crippen molar-refractivity contribution < 1.29 is 14.3 Å². The summed E-state index contributed by atoms with van der Waals surface area (Å²) in [4.78, 5) is 29.1. The predicted octanol–water partition coefficient (Wildman–Crippen LogP) is 4.21. The van der Waals surface area contributed by atoms with Crippen LogP contribution in [0.5, 0.6) is 5.75 Å². The van der Waals surface area contributed by atoms with Crippen molar-refractivity contribution in [1.29, 1.82) is 0 Å². The normalized spacial score (nSPS) is 10.2. The molecular formula is C22H21N3O3. The molecule has 0 saturated heterocycles. The Kier molecular flexibility index (Phi) is 5.69. The molecule has 1 heterocycles. The molecule has 6 heteroatoms. The van der Waals surface area contributed by atoms with E-state index in [1.165, 1.54) is 18.5 Å². The van der Waals surface area contributed by atoms with Gasteiger partial charge in [-0.1, -0.05) is 23.8 Å². The molecule has 6 nitrogen and oxygen atoms in total. The number of methoxy groups -OCH3 is 1. The second kappa shape index (κ2) is 8.35. The summed E-state index contributed by atoms with van der Waals surface area (Å²) in [5.41, 5.74) is 3.99. The average Bonchev–Trinajstić information content (AvgIpc) is 2.70. The Hall–Kier alpha value is -3.67. The fraction of sp³-hybridized carbons (Fsp3) is 0.136. The van der Waals surface area contributed by atoms with Crippen LogP contribution in [0.1, 0.15) is 31.8 Å². The number of carbonyl (C=O) groups excluding carboxylic acids is 2. The highest BCUT2D eigenvalue weighted by molar-refractivity contribution is 6.08. The average molecular weight is 375 g/mol. The molecular weight excluding hydrogens is 354 g/mol. The lowest BCUT2D eigenvalue weighted by Crippen LogP contribution is -2.16. The zero-order valence-electron chi connectivity index (χ0n) is 15.9. The number of aryl methyl sites for hydroxylation is 2. The molecule has 0 saturated carbocycles. The number of nitrogens with zero attached hydrogens (tertiary/aromatic N) is 1. The first-order chi connectivity index (χ1) is 13.5. The van der Waals surface area contributed by atoms with E-state index >= 15 is 0 Å². The van der Waals surface area contributed by atoms with Gasteiger partial charge in [0, 0.05) is 29.8 Å². The maximum Gasteiger partial charge on any atom is 0.257 e. The van der Waals surface area contributed by atoms with Crippen molar-refractivity contribution in [3.63, 3.8) is 0 Å². The third-order valence-electron chi connectivity index (χ3n) is 4.22. The van der Waals surface area contributed by atoms with Gasteiger partial charge in [0.15, 0.2) is 0 Å². The van der Waals surface area contributed by atoms with Crippen molar-refractivity contribution in [2.75, 3.05) is 17.7 Å². The van der Waals surface area contributed by atoms with Gasteiger partial charge in [0.2, 0.25) is 0 Å². The number of rotatable bonds is 5. The third-order valence-corrected chi connectivity index (χ3v) is 4.22. The lowest BCUT2D eigenvalue weighted by molar-refractivity contribution is 0.102. The molecule has 0 radical (unpaired) electrons. The number of amides is 2. The largest absolute Gasteiger partial charge is 0.497 e. The van der Waals surface area contributed by atoms with Crippen LogP contribution in [-0.2, 0) is 0 Å². The summed E-state index contributed by atoms with van der Waals surface area (Å²) in [7, 11) is 1.56. The van der Waals surface area contributed by atoms with Crippen molar-refractivity contribution in [1.82, 2.24) is 4.98 Å². The molecule has 0 unspecified atom stereocenters. The van der Waals surface area contributed by atoms with Gasteiger partial charge in [-0.15, -0.1) is 0 Å². The van der Waals surface area contributed by atoms with E-state index in [0.717, 1.165) is 16.8 Å². The number of hydrogen-bond donors (Lipinski definition) is 2. The monoisotopic (exact) mass is 375 g/mol. The lowest BCUT2D eigenvalue weighted by atomic mass is 10.1. The van der Waals surface area contributed by atoms with Gasteiger partial charge in [-0.3, -0.25) is 14.6 Å². The van der Waals surface area contributed by atoms with Crippen LogP contribution in [0, 0.1) is 13.8 Å². The van der Waals surface area contributed by atoms with Crippen molar-refractivity contribution in [2.24, 2.45) is 0 Å². The SMILES string of the molecule is COc1cccc(NC(=O)c2cncc(C(=O)Nc3ccc(C)cc3C)c2)c1. The fourth-order valence-electron chi connectivity index (χ4n) is 2.74. The van der Waals surface area contributed by atoms with E-state index in [-0.39, 0.29) is 17.4 Å². The number of pyridine rings is 1. The number of anilines is 2. The van der Waals surface area contributed by atoms with E-state index in [2.05, 4.69) is 15.6 Å². The first-order valence-electron chi connectivity index (χ1n) is 8.75. The lowest BCUT2D eigenvalue weighted by Gasteiger charge is -2.10. The number of carbonyl (C=O) groups is 2. The number of aromatic nitrogens is 1. The number of hydrogen-bond acceptors (Lipinski definition) is 4. The molecule has 0 spiro atoms. The summed E-state index contributed by atoms with van der Waals surface area (Å²) in [6.07, 6.45) is 2.85. The van der Waals surface area contributed by atoms with Gasteiger partial charge in [0.1, 0.15) is 5.75 Å². The Morgan fingerprint density at radius 2 is 1.61 bits per heavy atom. The van der Waals surface area contributed by atoms with Crippen molar-refractivity contribution in [2.45, 2.75) is 13.8 Å². The van der Waals surface area contributed by atoms with Crippen molar-refractivity contribution >= 4 is 23.2 Å². The summed E-state index contributed by atoms with van der Waals surface area (Å²) in [6, 6.07) is 14.3. The van der Waals surface area contributed by atoms with E-state index in [4.69, 9.17) is 4.74 Å². The van der Waals surface area contributed by atoms with Crippen molar-refractivity contribution in [3.8, 4) is 5.75 Å². The maximum absolute atomic E-state index is 12.6. The third kappa shape index (κ3) is 4.54. The van der Waals surface area contributed by atoms with Crippen LogP contribution in [0.25, 0.3) is 0 Å². The van der Waals surface area contributed by atoms with Gasteiger partial charge >= 0.3 is 0 Å². The van der Waals surface area contributed by atoms with Crippen LogP contribution in [0.2, 0.25) is 0 Å². The molecule has 1 aromatic heterocycles. The Labute approximate surface area is 163 Å². The van der Waals surface area contributed by atoms with Gasteiger partial charge in [0.05, 0.1) is 18.2 Å². The Morgan fingerprint density at radius 1 is 0.893 bits per heavy atom. The Morgan fingerprint density at radius 3 is 2.29 bits per heavy atom. The number of nitrogens with one attached hydrogen (secondary N) is 2. The highest BCUT2D eigenvalue weighted by Crippen LogP contribution is 2.19. The number of ether oxygens (including phenoxy) is 1. The summed E-state index contributed by atoms with van der Waals surface area (Å²) in [6.45, 7) is 3.92. The smallest absolute Gasteiger partial charge is 0.257 e. The number of benzene rings is 2. The summed E-state index contributed by atoms with van der Waals surface area (Å²) in [5, 5.41) is 5.63. The molecule has 2 aromatic carbocycles. The molecule has 3 rings (SSSR count). The molecule has 0 aliphatic heterocycles. The summed E-state index contributed by atoms with van der Waals surface area (Å²) >= 11 is 0. The van der Waals surface area contributed by atoms with Gasteiger partial charge in [-0.05, 0) is 43.7 Å². The zero-order chi connectivity index (χ0) is 20.1. The Balaban J connectivity index is 1.75. The molecule has 2 N–H and O–H groups in total. The summed E-state index contributed by atoms with van der Waals surface area (Å²) < 4.78 is 5.15. The van der Waals surface area contributed by atoms with Crippen LogP contribution in [-0.4, -0.2) is 23.9 Å².